The van der Waals surface area contributed by atoms with E-state index in [1.165, 1.54) is 29.1 Å². The Bertz CT molecular complexity index is 489. The minimum Gasteiger partial charge on any atom is -0.336 e. The van der Waals surface area contributed by atoms with E-state index in [9.17, 15) is 0 Å². The summed E-state index contributed by atoms with van der Waals surface area (Å²) in [4.78, 5) is 9.64. The summed E-state index contributed by atoms with van der Waals surface area (Å²) in [5.74, 6) is 0. The zero-order valence-corrected chi connectivity index (χ0v) is 11.6. The molecule has 0 aliphatic carbocycles. The lowest BCUT2D eigenvalue weighted by Crippen LogP contribution is -2.31. The summed E-state index contributed by atoms with van der Waals surface area (Å²) in [6, 6.07) is 5.16. The van der Waals surface area contributed by atoms with Gasteiger partial charge in [0.15, 0.2) is 0 Å². The predicted molar refractivity (Wildman–Crippen MR) is 74.7 cm³/mol. The van der Waals surface area contributed by atoms with Gasteiger partial charge < -0.3 is 4.57 Å². The molecule has 1 saturated heterocycles. The van der Waals surface area contributed by atoms with Gasteiger partial charge in [-0.3, -0.25) is 4.90 Å². The summed E-state index contributed by atoms with van der Waals surface area (Å²) in [6.45, 7) is 5.60. The lowest BCUT2D eigenvalue weighted by Gasteiger charge is -2.24. The van der Waals surface area contributed by atoms with Crippen molar-refractivity contribution >= 4 is 11.3 Å². The van der Waals surface area contributed by atoms with Gasteiger partial charge in [0.2, 0.25) is 0 Å². The molecule has 1 fully saturated rings. The van der Waals surface area contributed by atoms with Crippen LogP contribution in [0.5, 0.6) is 0 Å². The van der Waals surface area contributed by atoms with E-state index in [2.05, 4.69) is 39.7 Å². The van der Waals surface area contributed by atoms with Crippen LogP contribution in [0.3, 0.4) is 0 Å². The van der Waals surface area contributed by atoms with Crippen molar-refractivity contribution in [3.63, 3.8) is 0 Å². The van der Waals surface area contributed by atoms with Crippen molar-refractivity contribution in [2.75, 3.05) is 6.54 Å². The van der Waals surface area contributed by atoms with Crippen LogP contribution in [-0.4, -0.2) is 27.0 Å². The molecule has 1 aliphatic rings. The minimum absolute atomic E-state index is 0.668. The van der Waals surface area contributed by atoms with Gasteiger partial charge >= 0.3 is 0 Å². The van der Waals surface area contributed by atoms with Crippen LogP contribution in [0, 0.1) is 6.92 Å². The van der Waals surface area contributed by atoms with Gasteiger partial charge in [0, 0.05) is 41.3 Å². The molecule has 4 heteroatoms. The normalized spacial score (nSPS) is 20.6. The Hall–Kier alpha value is -1.13. The van der Waals surface area contributed by atoms with Crippen LogP contribution in [0.4, 0.5) is 0 Å². The summed E-state index contributed by atoms with van der Waals surface area (Å²) in [5.41, 5.74) is 0. The largest absolute Gasteiger partial charge is 0.336 e. The van der Waals surface area contributed by atoms with Crippen molar-refractivity contribution in [1.82, 2.24) is 14.5 Å². The molecule has 0 amide bonds. The Labute approximate surface area is 112 Å². The molecule has 0 unspecified atom stereocenters. The van der Waals surface area contributed by atoms with Gasteiger partial charge in [0.1, 0.15) is 0 Å². The van der Waals surface area contributed by atoms with E-state index >= 15 is 0 Å². The number of hydrogen-bond acceptors (Lipinski definition) is 3. The van der Waals surface area contributed by atoms with Crippen LogP contribution < -0.4 is 0 Å². The van der Waals surface area contributed by atoms with Crippen LogP contribution in [0.15, 0.2) is 30.9 Å². The lowest BCUT2D eigenvalue weighted by molar-refractivity contribution is 0.226. The Kier molecular flexibility index (Phi) is 3.48. The highest BCUT2D eigenvalue weighted by atomic mass is 32.1. The number of nitrogens with zero attached hydrogens (tertiary/aromatic N) is 3. The molecule has 96 valence electrons. The van der Waals surface area contributed by atoms with Gasteiger partial charge in [-0.05, 0) is 38.4 Å². The summed E-state index contributed by atoms with van der Waals surface area (Å²) < 4.78 is 2.20. The molecule has 3 heterocycles. The fourth-order valence-electron chi connectivity index (χ4n) is 2.72. The molecule has 0 aromatic carbocycles. The average molecular weight is 261 g/mol. The molecule has 2 aromatic heterocycles. The zero-order valence-electron chi connectivity index (χ0n) is 10.7. The first kappa shape index (κ1) is 11.9. The number of hydrogen-bond donors (Lipinski definition) is 0. The van der Waals surface area contributed by atoms with Crippen molar-refractivity contribution in [2.45, 2.75) is 38.9 Å². The van der Waals surface area contributed by atoms with E-state index in [4.69, 9.17) is 0 Å². The summed E-state index contributed by atoms with van der Waals surface area (Å²) in [6.07, 6.45) is 8.48. The smallest absolute Gasteiger partial charge is 0.0946 e. The Balaban J connectivity index is 1.64. The number of rotatable bonds is 4. The fourth-order valence-corrected chi connectivity index (χ4v) is 3.63. The molecule has 0 saturated carbocycles. The van der Waals surface area contributed by atoms with Crippen LogP contribution in [0.25, 0.3) is 0 Å². The number of aromatic nitrogens is 2. The molecule has 3 nitrogen and oxygen atoms in total. The molecule has 0 N–H and O–H groups in total. The van der Waals surface area contributed by atoms with Crippen molar-refractivity contribution in [3.8, 4) is 0 Å². The fraction of sp³-hybridized carbons (Fsp3) is 0.500. The molecule has 1 aliphatic heterocycles. The lowest BCUT2D eigenvalue weighted by atomic mass is 10.2. The topological polar surface area (TPSA) is 21.1 Å². The third-order valence-corrected chi connectivity index (χ3v) is 4.62. The number of thiophene rings is 1. The zero-order chi connectivity index (χ0) is 12.4. The molecule has 0 bridgehead atoms. The molecule has 18 heavy (non-hydrogen) atoms. The highest BCUT2D eigenvalue weighted by molar-refractivity contribution is 7.11. The van der Waals surface area contributed by atoms with E-state index < -0.39 is 0 Å². The monoisotopic (exact) mass is 261 g/mol. The standard InChI is InChI=1S/C14H19N3S/c1-12-4-5-14(18-12)10-17-7-2-3-13(17)9-16-8-6-15-11-16/h4-6,8,11,13H,2-3,7,9-10H2,1H3/t13-/m1/s1. The van der Waals surface area contributed by atoms with Crippen molar-refractivity contribution in [2.24, 2.45) is 0 Å². The maximum absolute atomic E-state index is 4.12. The van der Waals surface area contributed by atoms with Gasteiger partial charge in [-0.2, -0.15) is 0 Å². The Morgan fingerprint density at radius 2 is 2.39 bits per heavy atom. The van der Waals surface area contributed by atoms with E-state index in [1.807, 2.05) is 23.9 Å². The highest BCUT2D eigenvalue weighted by Gasteiger charge is 2.24. The molecule has 1 atom stereocenters. The first-order chi connectivity index (χ1) is 8.81. The second-order valence-corrected chi connectivity index (χ2v) is 6.41. The quantitative estimate of drug-likeness (QED) is 0.844. The van der Waals surface area contributed by atoms with E-state index in [0.29, 0.717) is 6.04 Å². The Morgan fingerprint density at radius 1 is 1.44 bits per heavy atom. The number of likely N-dealkylation sites (tertiary alicyclic amines) is 1. The van der Waals surface area contributed by atoms with Gasteiger partial charge in [-0.25, -0.2) is 4.98 Å². The van der Waals surface area contributed by atoms with Crippen LogP contribution in [0.1, 0.15) is 22.6 Å². The van der Waals surface area contributed by atoms with E-state index in [0.717, 1.165) is 13.1 Å². The van der Waals surface area contributed by atoms with Gasteiger partial charge in [-0.1, -0.05) is 0 Å². The summed E-state index contributed by atoms with van der Waals surface area (Å²) in [7, 11) is 0. The van der Waals surface area contributed by atoms with Gasteiger partial charge in [-0.15, -0.1) is 11.3 Å². The van der Waals surface area contributed by atoms with Crippen molar-refractivity contribution < 1.29 is 0 Å². The Morgan fingerprint density at radius 3 is 3.11 bits per heavy atom. The predicted octanol–water partition coefficient (Wildman–Crippen LogP) is 2.92. The highest BCUT2D eigenvalue weighted by Crippen LogP contribution is 2.24. The molecule has 0 spiro atoms. The number of imidazole rings is 1. The minimum atomic E-state index is 0.668. The van der Waals surface area contributed by atoms with Crippen molar-refractivity contribution in [1.29, 1.82) is 0 Å². The average Bonchev–Trinajstić information content (AvgIpc) is 3.05. The van der Waals surface area contributed by atoms with Crippen LogP contribution >= 0.6 is 11.3 Å². The van der Waals surface area contributed by atoms with Gasteiger partial charge in [0.05, 0.1) is 6.33 Å². The van der Waals surface area contributed by atoms with E-state index in [-0.39, 0.29) is 0 Å². The molecular formula is C14H19N3S. The van der Waals surface area contributed by atoms with Crippen molar-refractivity contribution in [3.05, 3.63) is 40.6 Å². The van der Waals surface area contributed by atoms with Gasteiger partial charge in [0.25, 0.3) is 0 Å². The second-order valence-electron chi connectivity index (χ2n) is 5.04. The van der Waals surface area contributed by atoms with Crippen LogP contribution in [-0.2, 0) is 13.1 Å². The summed E-state index contributed by atoms with van der Waals surface area (Å²) in [5, 5.41) is 0. The molecule has 3 rings (SSSR count). The number of aryl methyl sites for hydroxylation is 1. The molecule has 2 aromatic rings. The third-order valence-electron chi connectivity index (χ3n) is 3.63. The molecular weight excluding hydrogens is 242 g/mol. The summed E-state index contributed by atoms with van der Waals surface area (Å²) >= 11 is 1.92. The first-order valence-electron chi connectivity index (χ1n) is 6.56. The SMILES string of the molecule is Cc1ccc(CN2CCC[C@@H]2Cn2ccnc2)s1. The first-order valence-corrected chi connectivity index (χ1v) is 7.38. The maximum atomic E-state index is 4.12. The van der Waals surface area contributed by atoms with Crippen LogP contribution in [0.2, 0.25) is 0 Å². The second kappa shape index (κ2) is 5.24. The molecule has 0 radical (unpaired) electrons. The third kappa shape index (κ3) is 2.65. The van der Waals surface area contributed by atoms with E-state index in [1.54, 1.807) is 0 Å². The maximum Gasteiger partial charge on any atom is 0.0946 e.